The zero-order chi connectivity index (χ0) is 16.7. The second kappa shape index (κ2) is 5.54. The van der Waals surface area contributed by atoms with Gasteiger partial charge in [0.1, 0.15) is 17.7 Å². The van der Waals surface area contributed by atoms with Crippen LogP contribution >= 0.6 is 0 Å². The number of anilines is 1. The molecule has 1 aromatic heterocycles. The number of carbonyl (C=O) groups is 1. The highest BCUT2D eigenvalue weighted by Gasteiger charge is 2.61. The highest BCUT2D eigenvalue weighted by Crippen LogP contribution is 2.44. The summed E-state index contributed by atoms with van der Waals surface area (Å²) in [4.78, 5) is 16.0. The summed E-state index contributed by atoms with van der Waals surface area (Å²) < 4.78 is 38.4. The van der Waals surface area contributed by atoms with Gasteiger partial charge in [-0.25, -0.2) is 4.98 Å². The first-order chi connectivity index (χ1) is 10.9. The van der Waals surface area contributed by atoms with Crippen molar-refractivity contribution in [2.45, 2.75) is 37.4 Å². The lowest BCUT2D eigenvalue weighted by atomic mass is 9.75. The Kier molecular flexibility index (Phi) is 3.81. The van der Waals surface area contributed by atoms with Crippen LogP contribution in [0.5, 0.6) is 0 Å². The average Bonchev–Trinajstić information content (AvgIpc) is 2.86. The van der Waals surface area contributed by atoms with E-state index in [2.05, 4.69) is 10.3 Å². The maximum atomic E-state index is 14.0. The fourth-order valence-electron chi connectivity index (χ4n) is 2.48. The van der Waals surface area contributed by atoms with E-state index in [9.17, 15) is 18.7 Å². The van der Waals surface area contributed by atoms with Gasteiger partial charge in [0.05, 0.1) is 0 Å². The van der Waals surface area contributed by atoms with E-state index in [-0.39, 0.29) is 25.1 Å². The van der Waals surface area contributed by atoms with E-state index in [0.29, 0.717) is 23.4 Å². The van der Waals surface area contributed by atoms with Crippen molar-refractivity contribution in [2.75, 3.05) is 12.4 Å². The molecule has 0 aliphatic heterocycles. The molecule has 1 aromatic carbocycles. The van der Waals surface area contributed by atoms with Gasteiger partial charge < -0.3 is 19.6 Å². The van der Waals surface area contributed by atoms with Crippen LogP contribution in [-0.4, -0.2) is 34.6 Å². The Morgan fingerprint density at radius 3 is 2.87 bits per heavy atom. The van der Waals surface area contributed by atoms with Crippen molar-refractivity contribution in [3.8, 4) is 0 Å². The summed E-state index contributed by atoms with van der Waals surface area (Å²) >= 11 is 0. The van der Waals surface area contributed by atoms with Gasteiger partial charge in [-0.3, -0.25) is 4.79 Å². The topological polar surface area (TPSA) is 84.6 Å². The van der Waals surface area contributed by atoms with Crippen LogP contribution in [0.3, 0.4) is 0 Å². The predicted molar refractivity (Wildman–Crippen MR) is 77.1 cm³/mol. The van der Waals surface area contributed by atoms with Gasteiger partial charge in [0.25, 0.3) is 5.91 Å². The molecule has 6 nitrogen and oxygen atoms in total. The van der Waals surface area contributed by atoms with E-state index in [0.717, 1.165) is 0 Å². The van der Waals surface area contributed by atoms with Gasteiger partial charge in [-0.15, -0.1) is 0 Å². The Morgan fingerprint density at radius 2 is 2.26 bits per heavy atom. The maximum Gasteiger partial charge on any atom is 0.352 e. The molecule has 3 rings (SSSR count). The van der Waals surface area contributed by atoms with Gasteiger partial charge in [0, 0.05) is 12.8 Å². The van der Waals surface area contributed by atoms with Crippen molar-refractivity contribution in [1.29, 1.82) is 0 Å². The number of hydrogen-bond donors (Lipinski definition) is 2. The Hall–Kier alpha value is -2.06. The van der Waals surface area contributed by atoms with Crippen LogP contribution in [0.4, 0.5) is 14.5 Å². The summed E-state index contributed by atoms with van der Waals surface area (Å²) in [6.07, 6.45) is 0.304. The number of benzene rings is 1. The largest absolute Gasteiger partial charge is 0.438 e. The summed E-state index contributed by atoms with van der Waals surface area (Å²) in [6, 6.07) is 4.38. The van der Waals surface area contributed by atoms with Gasteiger partial charge in [-0.2, -0.15) is 8.78 Å². The monoisotopic (exact) mass is 326 g/mol. The normalized spacial score (nSPS) is 17.0. The predicted octanol–water partition coefficient (Wildman–Crippen LogP) is 2.46. The van der Waals surface area contributed by atoms with Crippen molar-refractivity contribution >= 4 is 22.7 Å². The summed E-state index contributed by atoms with van der Waals surface area (Å²) in [7, 11) is 1.49. The summed E-state index contributed by atoms with van der Waals surface area (Å²) in [5, 5.41) is 11.9. The first-order valence-corrected chi connectivity index (χ1v) is 7.16. The van der Waals surface area contributed by atoms with E-state index in [1.54, 1.807) is 0 Å². The molecular weight excluding hydrogens is 310 g/mol. The Bertz CT molecular complexity index is 740. The number of fused-ring (bicyclic) bond motifs is 1. The summed E-state index contributed by atoms with van der Waals surface area (Å²) in [5.74, 6) is -5.02. The molecule has 0 radical (unpaired) electrons. The SMILES string of the molecule is COCc1nc2cc(NC(=O)C(F)(F)C3(O)CCC3)ccc2o1. The van der Waals surface area contributed by atoms with Crippen LogP contribution in [0, 0.1) is 0 Å². The van der Waals surface area contributed by atoms with Crippen molar-refractivity contribution in [2.24, 2.45) is 0 Å². The first-order valence-electron chi connectivity index (χ1n) is 7.16. The van der Waals surface area contributed by atoms with Crippen LogP contribution in [0.15, 0.2) is 22.6 Å². The maximum absolute atomic E-state index is 14.0. The molecule has 2 N–H and O–H groups in total. The molecule has 8 heteroatoms. The second-order valence-electron chi connectivity index (χ2n) is 5.64. The zero-order valence-electron chi connectivity index (χ0n) is 12.4. The minimum absolute atomic E-state index is 0.0872. The Morgan fingerprint density at radius 1 is 1.52 bits per heavy atom. The molecule has 0 bridgehead atoms. The Balaban J connectivity index is 1.79. The zero-order valence-corrected chi connectivity index (χ0v) is 12.4. The van der Waals surface area contributed by atoms with E-state index in [1.807, 2.05) is 0 Å². The number of nitrogens with one attached hydrogen (secondary N) is 1. The first kappa shape index (κ1) is 15.8. The summed E-state index contributed by atoms with van der Waals surface area (Å²) in [6.45, 7) is 0.182. The van der Waals surface area contributed by atoms with Gasteiger partial charge in [-0.05, 0) is 37.5 Å². The number of aromatic nitrogens is 1. The standard InChI is InChI=1S/C15H16F2N2O4/c1-22-8-12-19-10-7-9(3-4-11(10)23-12)18-13(20)15(16,17)14(21)5-2-6-14/h3-4,7,21H,2,5-6,8H2,1H3,(H,18,20). The minimum atomic E-state index is -3.84. The number of halogens is 2. The molecule has 124 valence electrons. The number of hydrogen-bond acceptors (Lipinski definition) is 5. The van der Waals surface area contributed by atoms with Crippen molar-refractivity contribution in [1.82, 2.24) is 4.98 Å². The third-order valence-electron chi connectivity index (χ3n) is 4.01. The molecule has 1 fully saturated rings. The molecule has 0 spiro atoms. The Labute approximate surface area is 130 Å². The molecule has 1 saturated carbocycles. The van der Waals surface area contributed by atoms with Crippen LogP contribution in [-0.2, 0) is 16.1 Å². The highest BCUT2D eigenvalue weighted by molar-refractivity contribution is 5.98. The summed E-state index contributed by atoms with van der Waals surface area (Å²) in [5.41, 5.74) is -1.22. The fourth-order valence-corrected chi connectivity index (χ4v) is 2.48. The van der Waals surface area contributed by atoms with Crippen LogP contribution < -0.4 is 5.32 Å². The minimum Gasteiger partial charge on any atom is -0.438 e. The van der Waals surface area contributed by atoms with Gasteiger partial charge in [0.15, 0.2) is 5.58 Å². The molecule has 0 unspecified atom stereocenters. The molecular formula is C15H16F2N2O4. The number of ether oxygens (including phenoxy) is 1. The van der Waals surface area contributed by atoms with Crippen molar-refractivity contribution < 1.29 is 27.8 Å². The highest BCUT2D eigenvalue weighted by atomic mass is 19.3. The lowest BCUT2D eigenvalue weighted by molar-refractivity contribution is -0.212. The second-order valence-corrected chi connectivity index (χ2v) is 5.64. The van der Waals surface area contributed by atoms with Crippen LogP contribution in [0.1, 0.15) is 25.2 Å². The molecule has 1 aliphatic rings. The third-order valence-corrected chi connectivity index (χ3v) is 4.01. The number of methoxy groups -OCH3 is 1. The number of amides is 1. The van der Waals surface area contributed by atoms with E-state index >= 15 is 0 Å². The van der Waals surface area contributed by atoms with Gasteiger partial charge >= 0.3 is 5.92 Å². The van der Waals surface area contributed by atoms with Crippen LogP contribution in [0.2, 0.25) is 0 Å². The molecule has 1 heterocycles. The average molecular weight is 326 g/mol. The van der Waals surface area contributed by atoms with E-state index in [4.69, 9.17) is 9.15 Å². The number of carbonyl (C=O) groups excluding carboxylic acids is 1. The number of alkyl halides is 2. The molecule has 2 aromatic rings. The number of aliphatic hydroxyl groups is 1. The van der Waals surface area contributed by atoms with Crippen molar-refractivity contribution in [3.05, 3.63) is 24.1 Å². The number of nitrogens with zero attached hydrogens (tertiary/aromatic N) is 1. The van der Waals surface area contributed by atoms with Crippen molar-refractivity contribution in [3.63, 3.8) is 0 Å². The molecule has 23 heavy (non-hydrogen) atoms. The third kappa shape index (κ3) is 2.68. The van der Waals surface area contributed by atoms with Gasteiger partial charge in [0.2, 0.25) is 5.89 Å². The number of oxazole rings is 1. The lowest BCUT2D eigenvalue weighted by Crippen LogP contribution is -2.59. The number of rotatable bonds is 5. The molecule has 0 atom stereocenters. The fraction of sp³-hybridized carbons (Fsp3) is 0.467. The molecule has 1 aliphatic carbocycles. The quantitative estimate of drug-likeness (QED) is 0.882. The van der Waals surface area contributed by atoms with Crippen LogP contribution in [0.25, 0.3) is 11.1 Å². The molecule has 1 amide bonds. The van der Waals surface area contributed by atoms with E-state index in [1.165, 1.54) is 25.3 Å². The lowest BCUT2D eigenvalue weighted by Gasteiger charge is -2.41. The van der Waals surface area contributed by atoms with Gasteiger partial charge in [-0.1, -0.05) is 0 Å². The van der Waals surface area contributed by atoms with E-state index < -0.39 is 17.4 Å². The molecule has 0 saturated heterocycles. The smallest absolute Gasteiger partial charge is 0.352 e.